The van der Waals surface area contributed by atoms with Gasteiger partial charge >= 0.3 is 0 Å². The number of nitrogens with one attached hydrogen (secondary N) is 1. The van der Waals surface area contributed by atoms with E-state index in [1.807, 2.05) is 0 Å². The molecule has 0 saturated carbocycles. The predicted molar refractivity (Wildman–Crippen MR) is 78.3 cm³/mol. The molecule has 2 aromatic rings. The van der Waals surface area contributed by atoms with Crippen LogP contribution in [0.4, 0.5) is 10.1 Å². The molecule has 5 nitrogen and oxygen atoms in total. The van der Waals surface area contributed by atoms with Crippen molar-refractivity contribution in [1.29, 1.82) is 0 Å². The van der Waals surface area contributed by atoms with Gasteiger partial charge < -0.3 is 9.73 Å². The van der Waals surface area contributed by atoms with Crippen molar-refractivity contribution in [1.82, 2.24) is 4.31 Å². The van der Waals surface area contributed by atoms with Crippen molar-refractivity contribution < 1.29 is 17.2 Å². The van der Waals surface area contributed by atoms with E-state index in [1.165, 1.54) is 38.4 Å². The Morgan fingerprint density at radius 3 is 2.62 bits per heavy atom. The zero-order chi connectivity index (χ0) is 15.6. The molecule has 21 heavy (non-hydrogen) atoms. The van der Waals surface area contributed by atoms with E-state index < -0.39 is 15.8 Å². The van der Waals surface area contributed by atoms with Crippen LogP contribution in [0.25, 0.3) is 0 Å². The summed E-state index contributed by atoms with van der Waals surface area (Å²) in [4.78, 5) is 0. The van der Waals surface area contributed by atoms with Crippen LogP contribution in [0.15, 0.2) is 39.8 Å². The van der Waals surface area contributed by atoms with Crippen molar-refractivity contribution in [3.05, 3.63) is 46.9 Å². The minimum Gasteiger partial charge on any atom is -0.446 e. The summed E-state index contributed by atoms with van der Waals surface area (Å²) in [6.45, 7) is 0.154. The highest BCUT2D eigenvalue weighted by Crippen LogP contribution is 2.21. The third kappa shape index (κ3) is 3.55. The fraction of sp³-hybridized carbons (Fsp3) is 0.231. The van der Waals surface area contributed by atoms with Crippen LogP contribution in [0.3, 0.4) is 0 Å². The summed E-state index contributed by atoms with van der Waals surface area (Å²) < 4.78 is 43.6. The molecule has 114 valence electrons. The first-order valence-electron chi connectivity index (χ1n) is 6.01. The molecule has 0 unspecified atom stereocenters. The lowest BCUT2D eigenvalue weighted by Gasteiger charge is -2.08. The van der Waals surface area contributed by atoms with Crippen molar-refractivity contribution >= 4 is 27.3 Å². The molecular formula is C13H14ClFN2O3S. The van der Waals surface area contributed by atoms with E-state index in [2.05, 4.69) is 5.32 Å². The topological polar surface area (TPSA) is 62.6 Å². The fourth-order valence-corrected chi connectivity index (χ4v) is 2.56. The third-order valence-electron chi connectivity index (χ3n) is 2.76. The quantitative estimate of drug-likeness (QED) is 0.914. The van der Waals surface area contributed by atoms with Crippen molar-refractivity contribution in [3.8, 4) is 0 Å². The van der Waals surface area contributed by atoms with Crippen LogP contribution in [0.2, 0.25) is 5.02 Å². The maximum atomic E-state index is 13.6. The number of anilines is 1. The minimum absolute atomic E-state index is 0.152. The highest BCUT2D eigenvalue weighted by Gasteiger charge is 2.21. The summed E-state index contributed by atoms with van der Waals surface area (Å²) in [6, 6.07) is 7.13. The number of hydrogen-bond donors (Lipinski definition) is 1. The van der Waals surface area contributed by atoms with Gasteiger partial charge in [0.05, 0.1) is 12.2 Å². The molecule has 8 heteroatoms. The van der Waals surface area contributed by atoms with Gasteiger partial charge in [-0.15, -0.1) is 0 Å². The Bertz CT molecular complexity index is 744. The lowest BCUT2D eigenvalue weighted by Crippen LogP contribution is -2.21. The van der Waals surface area contributed by atoms with Crippen molar-refractivity contribution in [3.63, 3.8) is 0 Å². The van der Waals surface area contributed by atoms with Gasteiger partial charge in [0, 0.05) is 19.1 Å². The highest BCUT2D eigenvalue weighted by molar-refractivity contribution is 7.88. The number of benzene rings is 1. The summed E-state index contributed by atoms with van der Waals surface area (Å²) in [5.41, 5.74) is 0.257. The molecule has 2 rings (SSSR count). The van der Waals surface area contributed by atoms with E-state index in [0.717, 1.165) is 4.31 Å². The molecule has 1 aromatic heterocycles. The molecule has 0 spiro atoms. The molecular weight excluding hydrogens is 319 g/mol. The molecule has 1 heterocycles. The molecule has 0 atom stereocenters. The van der Waals surface area contributed by atoms with Crippen LogP contribution in [0.5, 0.6) is 0 Å². The Labute approximate surface area is 127 Å². The molecule has 0 amide bonds. The zero-order valence-corrected chi connectivity index (χ0v) is 13.0. The lowest BCUT2D eigenvalue weighted by atomic mass is 10.3. The predicted octanol–water partition coefficient (Wildman–Crippen LogP) is 2.93. The first kappa shape index (κ1) is 15.8. The first-order valence-corrected chi connectivity index (χ1v) is 7.82. The molecule has 0 aliphatic rings. The summed E-state index contributed by atoms with van der Waals surface area (Å²) in [6.07, 6.45) is 0. The number of rotatable bonds is 5. The minimum atomic E-state index is -3.61. The maximum absolute atomic E-state index is 13.6. The second-order valence-electron chi connectivity index (χ2n) is 4.49. The first-order chi connectivity index (χ1) is 9.80. The van der Waals surface area contributed by atoms with Gasteiger partial charge in [0.2, 0.25) is 5.09 Å². The second-order valence-corrected chi connectivity index (χ2v) is 7.01. The van der Waals surface area contributed by atoms with Gasteiger partial charge in [-0.25, -0.2) is 17.1 Å². The van der Waals surface area contributed by atoms with Crippen LogP contribution in [0, 0.1) is 5.82 Å². The number of sulfonamides is 1. The summed E-state index contributed by atoms with van der Waals surface area (Å²) in [7, 11) is -0.774. The number of hydrogen-bond acceptors (Lipinski definition) is 4. The van der Waals surface area contributed by atoms with Gasteiger partial charge in [0.25, 0.3) is 10.0 Å². The average Bonchev–Trinajstić information content (AvgIpc) is 2.87. The summed E-state index contributed by atoms with van der Waals surface area (Å²) >= 11 is 5.66. The standard InChI is InChI=1S/C13H14ClFN2O3S/c1-17(2)21(18,19)13-6-4-10(20-13)8-16-12-5-3-9(14)7-11(12)15/h3-7,16H,8H2,1-2H3. The van der Waals surface area contributed by atoms with Gasteiger partial charge in [0.1, 0.15) is 11.6 Å². The molecule has 0 aliphatic heterocycles. The van der Waals surface area contributed by atoms with Crippen LogP contribution in [-0.4, -0.2) is 26.8 Å². The van der Waals surface area contributed by atoms with E-state index in [4.69, 9.17) is 16.0 Å². The molecule has 1 aromatic carbocycles. The molecule has 0 saturated heterocycles. The lowest BCUT2D eigenvalue weighted by molar-refractivity contribution is 0.402. The Morgan fingerprint density at radius 1 is 1.29 bits per heavy atom. The van der Waals surface area contributed by atoms with Gasteiger partial charge in [-0.3, -0.25) is 0 Å². The summed E-state index contributed by atoms with van der Waals surface area (Å²) in [5, 5.41) is 2.96. The number of halogens is 2. The van der Waals surface area contributed by atoms with Crippen LogP contribution in [0.1, 0.15) is 5.76 Å². The van der Waals surface area contributed by atoms with Gasteiger partial charge in [-0.2, -0.15) is 0 Å². The van der Waals surface area contributed by atoms with E-state index in [-0.39, 0.29) is 17.3 Å². The van der Waals surface area contributed by atoms with Crippen molar-refractivity contribution in [2.75, 3.05) is 19.4 Å². The van der Waals surface area contributed by atoms with E-state index in [0.29, 0.717) is 10.8 Å². The monoisotopic (exact) mass is 332 g/mol. The SMILES string of the molecule is CN(C)S(=O)(=O)c1ccc(CNc2ccc(Cl)cc2F)o1. The van der Waals surface area contributed by atoms with Crippen molar-refractivity contribution in [2.45, 2.75) is 11.6 Å². The van der Waals surface area contributed by atoms with Gasteiger partial charge in [0.15, 0.2) is 0 Å². The molecule has 1 N–H and O–H groups in total. The van der Waals surface area contributed by atoms with Crippen LogP contribution in [-0.2, 0) is 16.6 Å². The second kappa shape index (κ2) is 6.05. The highest BCUT2D eigenvalue weighted by atomic mass is 35.5. The average molecular weight is 333 g/mol. The van der Waals surface area contributed by atoms with Gasteiger partial charge in [-0.1, -0.05) is 11.6 Å². The number of nitrogens with zero attached hydrogens (tertiary/aromatic N) is 1. The fourth-order valence-electron chi connectivity index (χ4n) is 1.59. The molecule has 0 aliphatic carbocycles. The maximum Gasteiger partial charge on any atom is 0.275 e. The molecule has 0 bridgehead atoms. The molecule has 0 radical (unpaired) electrons. The summed E-state index contributed by atoms with van der Waals surface area (Å²) in [5.74, 6) is -0.111. The van der Waals surface area contributed by atoms with E-state index >= 15 is 0 Å². The zero-order valence-electron chi connectivity index (χ0n) is 11.4. The Hall–Kier alpha value is -1.57. The largest absolute Gasteiger partial charge is 0.446 e. The van der Waals surface area contributed by atoms with Crippen LogP contribution < -0.4 is 5.32 Å². The van der Waals surface area contributed by atoms with E-state index in [9.17, 15) is 12.8 Å². The van der Waals surface area contributed by atoms with Crippen molar-refractivity contribution in [2.24, 2.45) is 0 Å². The Balaban J connectivity index is 2.10. The normalized spacial score (nSPS) is 11.9. The molecule has 0 fully saturated rings. The van der Waals surface area contributed by atoms with Gasteiger partial charge in [-0.05, 0) is 30.3 Å². The van der Waals surface area contributed by atoms with E-state index in [1.54, 1.807) is 6.07 Å². The Morgan fingerprint density at radius 2 is 2.00 bits per heavy atom. The smallest absolute Gasteiger partial charge is 0.275 e. The third-order valence-corrected chi connectivity index (χ3v) is 4.68. The Kier molecular flexibility index (Phi) is 4.55. The number of furan rings is 1. The van der Waals surface area contributed by atoms with Crippen LogP contribution >= 0.6 is 11.6 Å².